The quantitative estimate of drug-likeness (QED) is 0.0465. The molecule has 0 bridgehead atoms. The number of rotatable bonds is 23. The van der Waals surface area contributed by atoms with Crippen molar-refractivity contribution in [1.82, 2.24) is 40.0 Å². The first-order chi connectivity index (χ1) is 33.5. The SMILES string of the molecule is Cc1ncsc1-c1ccc(C(C)NC(=O)C2CC(O)CN2C(=O)C(NC(=O)CCCCCCCCCCCN2CCN(S(=O)(=O)c3ccc(NC(=O)NCc4cccnc4)cc3)CC2)C(C)(C)C)cc1. The third-order valence-electron chi connectivity index (χ3n) is 13.2. The highest BCUT2D eigenvalue weighted by atomic mass is 32.2. The largest absolute Gasteiger partial charge is 0.391 e. The van der Waals surface area contributed by atoms with Gasteiger partial charge in [0, 0.05) is 70.2 Å². The first-order valence-electron chi connectivity index (χ1n) is 24.8. The van der Waals surface area contributed by atoms with Crippen LogP contribution in [-0.2, 0) is 31.0 Å². The van der Waals surface area contributed by atoms with Crippen molar-refractivity contribution in [2.75, 3.05) is 44.6 Å². The van der Waals surface area contributed by atoms with Gasteiger partial charge in [0.05, 0.1) is 33.1 Å². The summed E-state index contributed by atoms with van der Waals surface area (Å²) in [5.74, 6) is -0.889. The minimum absolute atomic E-state index is 0.0272. The Morgan fingerprint density at radius 1 is 0.857 bits per heavy atom. The van der Waals surface area contributed by atoms with Crippen LogP contribution >= 0.6 is 11.3 Å². The lowest BCUT2D eigenvalue weighted by Crippen LogP contribution is -2.57. The van der Waals surface area contributed by atoms with Crippen LogP contribution < -0.4 is 21.3 Å². The second kappa shape index (κ2) is 25.7. The Bertz CT molecular complexity index is 2420. The molecule has 4 atom stereocenters. The molecule has 0 spiro atoms. The van der Waals surface area contributed by atoms with Crippen LogP contribution in [0.3, 0.4) is 0 Å². The number of anilines is 1. The van der Waals surface area contributed by atoms with E-state index < -0.39 is 33.6 Å². The number of urea groups is 1. The molecule has 2 saturated heterocycles. The molecule has 5 N–H and O–H groups in total. The second-order valence-corrected chi connectivity index (χ2v) is 22.5. The van der Waals surface area contributed by atoms with E-state index in [1.165, 1.54) is 21.3 Å². The number of nitrogens with zero attached hydrogens (tertiary/aromatic N) is 5. The molecule has 0 aliphatic carbocycles. The van der Waals surface area contributed by atoms with E-state index in [1.807, 2.05) is 70.5 Å². The van der Waals surface area contributed by atoms with E-state index in [0.29, 0.717) is 44.8 Å². The van der Waals surface area contributed by atoms with Gasteiger partial charge < -0.3 is 36.2 Å². The Labute approximate surface area is 418 Å². The highest BCUT2D eigenvalue weighted by Crippen LogP contribution is 2.30. The van der Waals surface area contributed by atoms with Crippen molar-refractivity contribution in [3.05, 3.63) is 95.4 Å². The van der Waals surface area contributed by atoms with E-state index in [9.17, 15) is 32.7 Å². The van der Waals surface area contributed by atoms with Gasteiger partial charge in [0.1, 0.15) is 12.1 Å². The van der Waals surface area contributed by atoms with Crippen molar-refractivity contribution < 1.29 is 32.7 Å². The minimum atomic E-state index is -3.64. The van der Waals surface area contributed by atoms with Crippen molar-refractivity contribution >= 4 is 50.8 Å². The van der Waals surface area contributed by atoms with Gasteiger partial charge in [0.15, 0.2) is 0 Å². The Morgan fingerprint density at radius 3 is 2.13 bits per heavy atom. The second-order valence-electron chi connectivity index (χ2n) is 19.8. The number of pyridine rings is 1. The van der Waals surface area contributed by atoms with Crippen LogP contribution in [0.2, 0.25) is 0 Å². The van der Waals surface area contributed by atoms with Gasteiger partial charge in [-0.05, 0) is 85.7 Å². The smallest absolute Gasteiger partial charge is 0.319 e. The number of aryl methyl sites for hydroxylation is 1. The van der Waals surface area contributed by atoms with Crippen molar-refractivity contribution in [2.45, 2.75) is 141 Å². The van der Waals surface area contributed by atoms with E-state index >= 15 is 0 Å². The predicted octanol–water partition coefficient (Wildman–Crippen LogP) is 7.41. The molecule has 4 unspecified atom stereocenters. The number of likely N-dealkylation sites (tertiary alicyclic amines) is 1. The number of hydrogen-bond donors (Lipinski definition) is 5. The number of piperazine rings is 1. The lowest BCUT2D eigenvalue weighted by Gasteiger charge is -2.35. The van der Waals surface area contributed by atoms with Gasteiger partial charge in [-0.1, -0.05) is 96.0 Å². The normalized spacial score (nSPS) is 17.7. The summed E-state index contributed by atoms with van der Waals surface area (Å²) < 4.78 is 28.3. The number of carbonyl (C=O) groups is 4. The van der Waals surface area contributed by atoms with E-state index in [4.69, 9.17) is 0 Å². The van der Waals surface area contributed by atoms with Crippen molar-refractivity contribution in [3.8, 4) is 10.4 Å². The number of aromatic nitrogens is 2. The molecule has 16 nitrogen and oxygen atoms in total. The molecule has 18 heteroatoms. The van der Waals surface area contributed by atoms with E-state index in [1.54, 1.807) is 41.9 Å². The summed E-state index contributed by atoms with van der Waals surface area (Å²) in [5, 5.41) is 22.2. The highest BCUT2D eigenvalue weighted by molar-refractivity contribution is 7.89. The number of thiazole rings is 1. The lowest BCUT2D eigenvalue weighted by atomic mass is 9.85. The average molecular weight is 1000 g/mol. The average Bonchev–Trinajstić information content (AvgIpc) is 3.97. The molecule has 2 aliphatic rings. The van der Waals surface area contributed by atoms with Gasteiger partial charge in [0.25, 0.3) is 0 Å². The minimum Gasteiger partial charge on any atom is -0.391 e. The number of carbonyl (C=O) groups excluding carboxylic acids is 4. The maximum absolute atomic E-state index is 14.1. The van der Waals surface area contributed by atoms with Crippen molar-refractivity contribution in [2.24, 2.45) is 5.41 Å². The molecule has 380 valence electrons. The Balaban J connectivity index is 0.811. The zero-order valence-electron chi connectivity index (χ0n) is 41.5. The van der Waals surface area contributed by atoms with Gasteiger partial charge in [-0.3, -0.25) is 19.4 Å². The third kappa shape index (κ3) is 15.6. The summed E-state index contributed by atoms with van der Waals surface area (Å²) in [6, 6.07) is 15.5. The summed E-state index contributed by atoms with van der Waals surface area (Å²) in [4.78, 5) is 66.7. The van der Waals surface area contributed by atoms with Crippen LogP contribution in [0.25, 0.3) is 10.4 Å². The molecular formula is C52H73N9O7S2. The number of nitrogens with one attached hydrogen (secondary N) is 4. The fourth-order valence-electron chi connectivity index (χ4n) is 9.02. The molecule has 6 rings (SSSR count). The number of β-amino-alcohol motifs (C(OH)–C–C–N with tert-alkyl or cyclic N) is 1. The molecule has 70 heavy (non-hydrogen) atoms. The standard InChI is InChI=1S/C52H73N9O7S2/c1-37(40-18-20-41(21-19-40)47-38(2)55-36-69-47)56-49(64)45-32-43(62)35-61(45)50(65)48(52(3,4)5)58-46(63)17-13-11-9-7-6-8-10-12-14-27-59-28-30-60(31-29-59)70(67,68)44-24-22-42(23-25-44)57-51(66)54-34-39-16-15-26-53-33-39/h15-16,18-26,33,36-37,43,45,48,62H,6-14,17,27-32,34-35H2,1-5H3,(H,56,64)(H,58,63)(H2,54,57,66). The molecule has 0 radical (unpaired) electrons. The molecule has 0 saturated carbocycles. The summed E-state index contributed by atoms with van der Waals surface area (Å²) in [5.41, 5.74) is 5.52. The van der Waals surface area contributed by atoms with E-state index in [2.05, 4.69) is 36.1 Å². The van der Waals surface area contributed by atoms with E-state index in [0.717, 1.165) is 91.6 Å². The third-order valence-corrected chi connectivity index (χ3v) is 16.1. The predicted molar refractivity (Wildman–Crippen MR) is 274 cm³/mol. The van der Waals surface area contributed by atoms with Crippen LogP contribution in [0.1, 0.15) is 121 Å². The maximum Gasteiger partial charge on any atom is 0.319 e. The van der Waals surface area contributed by atoms with Gasteiger partial charge in [-0.2, -0.15) is 4.31 Å². The first-order valence-corrected chi connectivity index (χ1v) is 27.2. The maximum atomic E-state index is 14.1. The summed E-state index contributed by atoms with van der Waals surface area (Å²) in [6.45, 7) is 13.1. The fraction of sp³-hybridized carbons (Fsp3) is 0.538. The molecule has 2 aromatic heterocycles. The molecular weight excluding hydrogens is 927 g/mol. The first kappa shape index (κ1) is 54.1. The van der Waals surface area contributed by atoms with Crippen LogP contribution in [0.5, 0.6) is 0 Å². The highest BCUT2D eigenvalue weighted by Gasteiger charge is 2.44. The summed E-state index contributed by atoms with van der Waals surface area (Å²) in [6.07, 6.45) is 12.3. The summed E-state index contributed by atoms with van der Waals surface area (Å²) >= 11 is 1.58. The number of sulfonamides is 1. The van der Waals surface area contributed by atoms with Crippen LogP contribution in [0, 0.1) is 12.3 Å². The van der Waals surface area contributed by atoms with Gasteiger partial charge in [-0.25, -0.2) is 18.2 Å². The van der Waals surface area contributed by atoms with Crippen molar-refractivity contribution in [1.29, 1.82) is 0 Å². The fourth-order valence-corrected chi connectivity index (χ4v) is 11.3. The zero-order chi connectivity index (χ0) is 50.3. The van der Waals surface area contributed by atoms with Crippen molar-refractivity contribution in [3.63, 3.8) is 0 Å². The molecule has 2 aromatic carbocycles. The number of unbranched alkanes of at least 4 members (excludes halogenated alkanes) is 8. The lowest BCUT2D eigenvalue weighted by molar-refractivity contribution is -0.144. The molecule has 4 heterocycles. The number of hydrogen-bond acceptors (Lipinski definition) is 11. The Morgan fingerprint density at radius 2 is 1.51 bits per heavy atom. The monoisotopic (exact) mass is 1000 g/mol. The van der Waals surface area contributed by atoms with Gasteiger partial charge in [-0.15, -0.1) is 11.3 Å². The van der Waals surface area contributed by atoms with Crippen LogP contribution in [0.4, 0.5) is 10.5 Å². The van der Waals surface area contributed by atoms with Gasteiger partial charge >= 0.3 is 6.03 Å². The molecule has 2 fully saturated rings. The number of aliphatic hydroxyl groups excluding tert-OH is 1. The number of benzene rings is 2. The molecule has 2 aliphatic heterocycles. The Kier molecular flexibility index (Phi) is 19.9. The topological polar surface area (TPSA) is 206 Å². The zero-order valence-corrected chi connectivity index (χ0v) is 43.1. The molecule has 5 amide bonds. The molecule has 4 aromatic rings. The van der Waals surface area contributed by atoms with E-state index in [-0.39, 0.29) is 47.7 Å². The number of aliphatic hydroxyl groups is 1. The van der Waals surface area contributed by atoms with Crippen LogP contribution in [-0.4, -0.2) is 119 Å². The van der Waals surface area contributed by atoms with Crippen LogP contribution in [0.15, 0.2) is 83.5 Å². The Hall–Kier alpha value is -5.27. The summed E-state index contributed by atoms with van der Waals surface area (Å²) in [7, 11) is -3.64. The number of amides is 5. The van der Waals surface area contributed by atoms with Gasteiger partial charge in [0.2, 0.25) is 27.7 Å².